The fourth-order valence-corrected chi connectivity index (χ4v) is 2.29. The molecule has 0 aromatic carbocycles. The van der Waals surface area contributed by atoms with Gasteiger partial charge in [-0.05, 0) is 31.9 Å². The molecule has 1 amide bonds. The average molecular weight is 289 g/mol. The van der Waals surface area contributed by atoms with E-state index in [4.69, 9.17) is 0 Å². The van der Waals surface area contributed by atoms with Crippen molar-refractivity contribution in [2.75, 3.05) is 32.7 Å². The monoisotopic (exact) mass is 289 g/mol. The molecule has 6 heteroatoms. The van der Waals surface area contributed by atoms with E-state index in [0.29, 0.717) is 18.7 Å². The van der Waals surface area contributed by atoms with Gasteiger partial charge in [-0.3, -0.25) is 14.8 Å². The highest BCUT2D eigenvalue weighted by molar-refractivity contribution is 5.93. The van der Waals surface area contributed by atoms with Gasteiger partial charge < -0.3 is 15.5 Å². The molecule has 1 aromatic rings. The zero-order valence-electron chi connectivity index (χ0n) is 12.5. The van der Waals surface area contributed by atoms with Crippen LogP contribution in [0.2, 0.25) is 0 Å². The summed E-state index contributed by atoms with van der Waals surface area (Å²) in [4.78, 5) is 22.6. The number of nitrogens with zero attached hydrogens (tertiary/aromatic N) is 3. The van der Waals surface area contributed by atoms with Gasteiger partial charge in [0.1, 0.15) is 0 Å². The smallest absolute Gasteiger partial charge is 0.252 e. The number of amides is 1. The minimum absolute atomic E-state index is 0.107. The second kappa shape index (κ2) is 8.24. The van der Waals surface area contributed by atoms with Crippen molar-refractivity contribution in [3.8, 4) is 0 Å². The maximum Gasteiger partial charge on any atom is 0.252 e. The molecule has 0 aliphatic carbocycles. The van der Waals surface area contributed by atoms with Crippen LogP contribution in [-0.2, 0) is 0 Å². The summed E-state index contributed by atoms with van der Waals surface area (Å²) in [6, 6.07) is 3.50. The summed E-state index contributed by atoms with van der Waals surface area (Å²) in [7, 11) is 0. The number of aromatic nitrogens is 1. The maximum atomic E-state index is 11.8. The van der Waals surface area contributed by atoms with Crippen molar-refractivity contribution < 1.29 is 4.79 Å². The van der Waals surface area contributed by atoms with Crippen molar-refractivity contribution >= 4 is 11.9 Å². The zero-order valence-corrected chi connectivity index (χ0v) is 12.5. The lowest BCUT2D eigenvalue weighted by Crippen LogP contribution is -2.40. The van der Waals surface area contributed by atoms with E-state index >= 15 is 0 Å². The average Bonchev–Trinajstić information content (AvgIpc) is 3.05. The van der Waals surface area contributed by atoms with Crippen LogP contribution in [0, 0.1) is 0 Å². The van der Waals surface area contributed by atoms with Crippen LogP contribution >= 0.6 is 0 Å². The van der Waals surface area contributed by atoms with Crippen LogP contribution in [0.25, 0.3) is 0 Å². The Bertz CT molecular complexity index is 468. The van der Waals surface area contributed by atoms with Crippen LogP contribution in [0.3, 0.4) is 0 Å². The lowest BCUT2D eigenvalue weighted by molar-refractivity contribution is 0.0954. The van der Waals surface area contributed by atoms with Gasteiger partial charge in [0, 0.05) is 38.6 Å². The van der Waals surface area contributed by atoms with Crippen LogP contribution in [0.1, 0.15) is 30.1 Å². The van der Waals surface area contributed by atoms with Crippen molar-refractivity contribution in [1.29, 1.82) is 0 Å². The first-order valence-electron chi connectivity index (χ1n) is 7.52. The number of rotatable bonds is 5. The van der Waals surface area contributed by atoms with Crippen LogP contribution in [-0.4, -0.2) is 54.5 Å². The molecule has 1 aliphatic heterocycles. The molecule has 0 atom stereocenters. The third kappa shape index (κ3) is 4.73. The normalized spacial score (nSPS) is 15.1. The molecular weight excluding hydrogens is 266 g/mol. The highest BCUT2D eigenvalue weighted by Gasteiger charge is 2.15. The molecule has 1 saturated heterocycles. The van der Waals surface area contributed by atoms with Crippen LogP contribution in [0.15, 0.2) is 29.5 Å². The Morgan fingerprint density at radius 2 is 2.19 bits per heavy atom. The fraction of sp³-hybridized carbons (Fsp3) is 0.533. The predicted molar refractivity (Wildman–Crippen MR) is 83.4 cm³/mol. The molecular formula is C15H23N5O. The van der Waals surface area contributed by atoms with Gasteiger partial charge in [-0.1, -0.05) is 0 Å². The summed E-state index contributed by atoms with van der Waals surface area (Å²) in [6.07, 6.45) is 5.66. The predicted octanol–water partition coefficient (Wildman–Crippen LogP) is 0.873. The minimum atomic E-state index is -0.107. The molecule has 1 aromatic heterocycles. The Hall–Kier alpha value is -2.11. The summed E-state index contributed by atoms with van der Waals surface area (Å²) in [5, 5.41) is 6.15. The van der Waals surface area contributed by atoms with Crippen LogP contribution in [0.4, 0.5) is 0 Å². The third-order valence-corrected chi connectivity index (χ3v) is 3.32. The van der Waals surface area contributed by atoms with Gasteiger partial charge in [0.15, 0.2) is 5.96 Å². The fourth-order valence-electron chi connectivity index (χ4n) is 2.29. The minimum Gasteiger partial charge on any atom is -0.357 e. The summed E-state index contributed by atoms with van der Waals surface area (Å²) < 4.78 is 0. The standard InChI is InChI=1S/C15H23N5O/c1-2-17-15(20-10-3-4-11-20)19-9-8-18-14(21)13-6-5-7-16-12-13/h5-7,12H,2-4,8-11H2,1H3,(H,17,19)(H,18,21). The van der Waals surface area contributed by atoms with E-state index in [0.717, 1.165) is 25.6 Å². The second-order valence-corrected chi connectivity index (χ2v) is 4.93. The van der Waals surface area contributed by atoms with E-state index in [-0.39, 0.29) is 5.91 Å². The van der Waals surface area contributed by atoms with Crippen LogP contribution in [0.5, 0.6) is 0 Å². The lowest BCUT2D eigenvalue weighted by Gasteiger charge is -2.20. The largest absolute Gasteiger partial charge is 0.357 e. The van der Waals surface area contributed by atoms with Gasteiger partial charge in [-0.15, -0.1) is 0 Å². The maximum absolute atomic E-state index is 11.8. The molecule has 0 unspecified atom stereocenters. The molecule has 0 radical (unpaired) electrons. The quantitative estimate of drug-likeness (QED) is 0.479. The van der Waals surface area contributed by atoms with Crippen molar-refractivity contribution in [3.05, 3.63) is 30.1 Å². The number of carbonyl (C=O) groups is 1. The van der Waals surface area contributed by atoms with Crippen LogP contribution < -0.4 is 10.6 Å². The van der Waals surface area contributed by atoms with Crippen molar-refractivity contribution in [2.45, 2.75) is 19.8 Å². The molecule has 1 aliphatic rings. The Kier molecular flexibility index (Phi) is 5.99. The highest BCUT2D eigenvalue weighted by atomic mass is 16.1. The first-order chi connectivity index (χ1) is 10.3. The summed E-state index contributed by atoms with van der Waals surface area (Å²) in [5.41, 5.74) is 0.577. The van der Waals surface area contributed by atoms with E-state index in [1.54, 1.807) is 24.5 Å². The molecule has 6 nitrogen and oxygen atoms in total. The molecule has 2 rings (SSSR count). The lowest BCUT2D eigenvalue weighted by atomic mass is 10.3. The number of carbonyl (C=O) groups excluding carboxylic acids is 1. The first-order valence-corrected chi connectivity index (χ1v) is 7.52. The topological polar surface area (TPSA) is 69.6 Å². The molecule has 2 N–H and O–H groups in total. The van der Waals surface area contributed by atoms with Gasteiger partial charge in [0.25, 0.3) is 5.91 Å². The van der Waals surface area contributed by atoms with Crippen molar-refractivity contribution in [2.24, 2.45) is 4.99 Å². The molecule has 2 heterocycles. The zero-order chi connectivity index (χ0) is 14.9. The van der Waals surface area contributed by atoms with Gasteiger partial charge in [0.05, 0.1) is 12.1 Å². The van der Waals surface area contributed by atoms with E-state index < -0.39 is 0 Å². The van der Waals surface area contributed by atoms with Gasteiger partial charge in [0.2, 0.25) is 0 Å². The SMILES string of the molecule is CCNC(=NCCNC(=O)c1cccnc1)N1CCCC1. The first kappa shape index (κ1) is 15.3. The number of hydrogen-bond donors (Lipinski definition) is 2. The number of aliphatic imine (C=N–C) groups is 1. The Labute approximate surface area is 125 Å². The Morgan fingerprint density at radius 3 is 2.86 bits per heavy atom. The van der Waals surface area contributed by atoms with Gasteiger partial charge in [-0.25, -0.2) is 0 Å². The van der Waals surface area contributed by atoms with E-state index in [9.17, 15) is 4.79 Å². The van der Waals surface area contributed by atoms with Crippen molar-refractivity contribution in [1.82, 2.24) is 20.5 Å². The molecule has 0 saturated carbocycles. The highest BCUT2D eigenvalue weighted by Crippen LogP contribution is 2.07. The summed E-state index contributed by atoms with van der Waals surface area (Å²) in [5.74, 6) is 0.843. The second-order valence-electron chi connectivity index (χ2n) is 4.93. The van der Waals surface area contributed by atoms with Crippen molar-refractivity contribution in [3.63, 3.8) is 0 Å². The number of hydrogen-bond acceptors (Lipinski definition) is 3. The Balaban J connectivity index is 1.78. The third-order valence-electron chi connectivity index (χ3n) is 3.32. The number of likely N-dealkylation sites (tertiary alicyclic amines) is 1. The van der Waals surface area contributed by atoms with E-state index in [1.165, 1.54) is 12.8 Å². The molecule has 1 fully saturated rings. The number of nitrogens with one attached hydrogen (secondary N) is 2. The molecule has 114 valence electrons. The Morgan fingerprint density at radius 1 is 1.38 bits per heavy atom. The summed E-state index contributed by atoms with van der Waals surface area (Å²) in [6.45, 7) is 6.15. The number of guanidine groups is 1. The van der Waals surface area contributed by atoms with E-state index in [1.807, 2.05) is 0 Å². The van der Waals surface area contributed by atoms with Gasteiger partial charge >= 0.3 is 0 Å². The number of pyridine rings is 1. The molecule has 0 bridgehead atoms. The summed E-state index contributed by atoms with van der Waals surface area (Å²) >= 11 is 0. The molecule has 0 spiro atoms. The molecule has 21 heavy (non-hydrogen) atoms. The van der Waals surface area contributed by atoms with E-state index in [2.05, 4.69) is 32.4 Å². The van der Waals surface area contributed by atoms with Gasteiger partial charge in [-0.2, -0.15) is 0 Å².